The summed E-state index contributed by atoms with van der Waals surface area (Å²) in [5, 5.41) is 20.8. The molecule has 3 fully saturated rings. The molecule has 10 nitrogen and oxygen atoms in total. The van der Waals surface area contributed by atoms with Gasteiger partial charge in [-0.15, -0.1) is 11.3 Å². The van der Waals surface area contributed by atoms with Gasteiger partial charge in [0.1, 0.15) is 10.6 Å². The summed E-state index contributed by atoms with van der Waals surface area (Å²) in [5.74, 6) is -0.310. The van der Waals surface area contributed by atoms with Gasteiger partial charge in [0.15, 0.2) is 23.0 Å². The van der Waals surface area contributed by atoms with Gasteiger partial charge in [0, 0.05) is 24.7 Å². The quantitative estimate of drug-likeness (QED) is 0.499. The molecular formula is C23H26F2N4O6S. The highest BCUT2D eigenvalue weighted by Crippen LogP contribution is 2.42. The third-order valence-electron chi connectivity index (χ3n) is 6.03. The fourth-order valence-corrected chi connectivity index (χ4v) is 5.07. The third-order valence-corrected chi connectivity index (χ3v) is 6.84. The zero-order valence-electron chi connectivity index (χ0n) is 19.9. The molecule has 6 rings (SSSR count). The number of hydrogen-bond donors (Lipinski definition) is 2. The number of rotatable bonds is 6. The molecule has 194 valence electrons. The van der Waals surface area contributed by atoms with Gasteiger partial charge in [-0.1, -0.05) is 0 Å². The van der Waals surface area contributed by atoms with Gasteiger partial charge in [-0.2, -0.15) is 13.8 Å². The Balaban J connectivity index is 1.45. The molecule has 3 saturated heterocycles. The van der Waals surface area contributed by atoms with Crippen LogP contribution in [0.2, 0.25) is 0 Å². The van der Waals surface area contributed by atoms with E-state index < -0.39 is 24.4 Å². The third kappa shape index (κ3) is 4.46. The van der Waals surface area contributed by atoms with Crippen LogP contribution in [0.4, 0.5) is 19.6 Å². The molecule has 2 aromatic heterocycles. The molecule has 1 amide bonds. The summed E-state index contributed by atoms with van der Waals surface area (Å²) in [6.45, 7) is 5.13. The molecule has 1 aromatic carbocycles. The number of aromatic nitrogens is 2. The first-order valence-electron chi connectivity index (χ1n) is 11.4. The maximum atomic E-state index is 14.3. The largest absolute Gasteiger partial charge is 0.444 e. The van der Waals surface area contributed by atoms with Crippen LogP contribution in [0, 0.1) is 0 Å². The predicted molar refractivity (Wildman–Crippen MR) is 126 cm³/mol. The first-order valence-corrected chi connectivity index (χ1v) is 12.3. The van der Waals surface area contributed by atoms with Gasteiger partial charge < -0.3 is 29.0 Å². The van der Waals surface area contributed by atoms with E-state index in [1.54, 1.807) is 16.5 Å². The Bertz CT molecular complexity index is 1250. The van der Waals surface area contributed by atoms with Gasteiger partial charge in [-0.3, -0.25) is 4.90 Å². The minimum Gasteiger partial charge on any atom is -0.444 e. The number of thiazole rings is 1. The van der Waals surface area contributed by atoms with Crippen molar-refractivity contribution in [1.29, 1.82) is 0 Å². The number of oxazole rings is 1. The summed E-state index contributed by atoms with van der Waals surface area (Å²) in [6, 6.07) is 2.86. The maximum Gasteiger partial charge on any atom is 0.426 e. The monoisotopic (exact) mass is 524 g/mol. The number of aliphatic hydroxyl groups excluding tert-OH is 2. The number of amides is 1. The van der Waals surface area contributed by atoms with Gasteiger partial charge in [-0.05, 0) is 39.3 Å². The van der Waals surface area contributed by atoms with Crippen molar-refractivity contribution in [1.82, 2.24) is 14.9 Å². The lowest BCUT2D eigenvalue weighted by Gasteiger charge is -2.55. The van der Waals surface area contributed by atoms with E-state index in [1.165, 1.54) is 23.5 Å². The van der Waals surface area contributed by atoms with Crippen LogP contribution in [0.15, 0.2) is 28.1 Å². The second-order valence-electron chi connectivity index (χ2n) is 9.82. The van der Waals surface area contributed by atoms with Gasteiger partial charge in [0.05, 0.1) is 24.3 Å². The van der Waals surface area contributed by atoms with Crippen molar-refractivity contribution in [2.24, 2.45) is 0 Å². The summed E-state index contributed by atoms with van der Waals surface area (Å²) in [4.78, 5) is 24.9. The lowest BCUT2D eigenvalue weighted by molar-refractivity contribution is -0.246. The number of carbonyl (C=O) groups is 1. The number of alkyl halides is 2. The van der Waals surface area contributed by atoms with Crippen LogP contribution in [-0.2, 0) is 4.74 Å². The Morgan fingerprint density at radius 1 is 1.31 bits per heavy atom. The van der Waals surface area contributed by atoms with Crippen LogP contribution in [0.25, 0.3) is 21.7 Å². The molecule has 3 aliphatic rings. The van der Waals surface area contributed by atoms with Gasteiger partial charge in [0.2, 0.25) is 0 Å². The lowest BCUT2D eigenvalue weighted by Crippen LogP contribution is -2.70. The van der Waals surface area contributed by atoms with Crippen molar-refractivity contribution >= 4 is 34.5 Å². The average Bonchev–Trinajstić information content (AvgIpc) is 3.48. The van der Waals surface area contributed by atoms with Crippen LogP contribution in [-0.4, -0.2) is 80.8 Å². The molecule has 5 heterocycles. The van der Waals surface area contributed by atoms with Crippen LogP contribution in [0.3, 0.4) is 0 Å². The standard InChI is InChI=1S/C23H26F2N4O6S/c1-22(2,3)35-21(32)29-12-8-13(29)10-28(9-12)20-27-17-15(34-23(24,25)16(31)11-30)5-4-14(18(17)33-20)19-26-6-7-36-19/h4-7,12-13,16,30-31H,8-11H2,1-3H3. The number of halogens is 2. The number of piperidine rings is 1. The second-order valence-corrected chi connectivity index (χ2v) is 10.7. The highest BCUT2D eigenvalue weighted by atomic mass is 32.1. The molecule has 0 saturated carbocycles. The first kappa shape index (κ1) is 24.7. The molecule has 36 heavy (non-hydrogen) atoms. The smallest absolute Gasteiger partial charge is 0.426 e. The highest BCUT2D eigenvalue weighted by molar-refractivity contribution is 7.13. The SMILES string of the molecule is CC(C)(C)OC(=O)N1C2CC1CN(c1nc3c(OC(F)(F)C(O)CO)ccc(-c4nccs4)c3o1)C2. The number of benzene rings is 1. The van der Waals surface area contributed by atoms with Crippen molar-refractivity contribution in [3.8, 4) is 16.3 Å². The van der Waals surface area contributed by atoms with E-state index in [9.17, 15) is 18.7 Å². The number of fused-ring (bicyclic) bond motifs is 3. The van der Waals surface area contributed by atoms with E-state index >= 15 is 0 Å². The van der Waals surface area contributed by atoms with E-state index in [2.05, 4.69) is 9.97 Å². The number of carbonyl (C=O) groups excluding carboxylic acids is 1. The number of ether oxygens (including phenoxy) is 2. The Morgan fingerprint density at radius 2 is 2.03 bits per heavy atom. The van der Waals surface area contributed by atoms with Crippen molar-refractivity contribution in [3.63, 3.8) is 0 Å². The Morgan fingerprint density at radius 3 is 2.64 bits per heavy atom. The molecule has 0 aliphatic carbocycles. The zero-order chi connectivity index (χ0) is 25.8. The number of nitrogens with zero attached hydrogens (tertiary/aromatic N) is 4. The first-order chi connectivity index (χ1) is 17.0. The topological polar surface area (TPSA) is 121 Å². The van der Waals surface area contributed by atoms with E-state index in [0.29, 0.717) is 23.7 Å². The van der Waals surface area contributed by atoms with Crippen LogP contribution in [0.5, 0.6) is 5.75 Å². The molecule has 3 unspecified atom stereocenters. The van der Waals surface area contributed by atoms with E-state index in [0.717, 1.165) is 6.42 Å². The Hall–Kier alpha value is -3.03. The highest BCUT2D eigenvalue weighted by Gasteiger charge is 2.50. The van der Waals surface area contributed by atoms with Crippen LogP contribution in [0.1, 0.15) is 27.2 Å². The fourth-order valence-electron chi connectivity index (χ4n) is 4.41. The van der Waals surface area contributed by atoms with E-state index in [1.807, 2.05) is 25.7 Å². The zero-order valence-corrected chi connectivity index (χ0v) is 20.7. The number of hydrogen-bond acceptors (Lipinski definition) is 10. The molecule has 2 N–H and O–H groups in total. The Labute approximate surface area is 209 Å². The average molecular weight is 525 g/mol. The normalized spacial score (nSPS) is 20.9. The van der Waals surface area contributed by atoms with Gasteiger partial charge >= 0.3 is 12.2 Å². The fraction of sp³-hybridized carbons (Fsp3) is 0.522. The summed E-state index contributed by atoms with van der Waals surface area (Å²) >= 11 is 1.35. The lowest BCUT2D eigenvalue weighted by atomic mass is 9.88. The van der Waals surface area contributed by atoms with Crippen LogP contribution >= 0.6 is 11.3 Å². The van der Waals surface area contributed by atoms with Gasteiger partial charge in [0.25, 0.3) is 6.01 Å². The molecule has 0 spiro atoms. The Kier molecular flexibility index (Phi) is 6.04. The van der Waals surface area contributed by atoms with Crippen molar-refractivity contribution < 1.29 is 37.7 Å². The summed E-state index contributed by atoms with van der Waals surface area (Å²) in [6.07, 6.45) is -4.40. The van der Waals surface area contributed by atoms with Crippen molar-refractivity contribution in [3.05, 3.63) is 23.7 Å². The molecule has 2 bridgehead atoms. The predicted octanol–water partition coefficient (Wildman–Crippen LogP) is 3.47. The van der Waals surface area contributed by atoms with Crippen molar-refractivity contribution in [2.45, 2.75) is 57.1 Å². The minimum atomic E-state index is -4.05. The molecule has 3 aliphatic heterocycles. The number of aliphatic hydroxyl groups is 2. The summed E-state index contributed by atoms with van der Waals surface area (Å²) in [7, 11) is 0. The molecule has 0 radical (unpaired) electrons. The summed E-state index contributed by atoms with van der Waals surface area (Å²) in [5.41, 5.74) is 0.185. The van der Waals surface area contributed by atoms with Crippen molar-refractivity contribution in [2.75, 3.05) is 24.6 Å². The van der Waals surface area contributed by atoms with Gasteiger partial charge in [-0.25, -0.2) is 9.78 Å². The van der Waals surface area contributed by atoms with E-state index in [4.69, 9.17) is 19.0 Å². The maximum absolute atomic E-state index is 14.3. The minimum absolute atomic E-state index is 0.0331. The summed E-state index contributed by atoms with van der Waals surface area (Å²) < 4.78 is 45.0. The van der Waals surface area contributed by atoms with Crippen LogP contribution < -0.4 is 9.64 Å². The number of piperazine rings is 1. The molecule has 3 atom stereocenters. The van der Waals surface area contributed by atoms with E-state index in [-0.39, 0.29) is 41.0 Å². The second kappa shape index (κ2) is 8.82. The molecular weight excluding hydrogens is 498 g/mol. The number of anilines is 1. The molecule has 13 heteroatoms. The molecule has 3 aromatic rings.